The van der Waals surface area contributed by atoms with Gasteiger partial charge in [0.2, 0.25) is 5.91 Å². The van der Waals surface area contributed by atoms with Crippen LogP contribution in [0.3, 0.4) is 0 Å². The third kappa shape index (κ3) is 4.59. The zero-order valence-corrected chi connectivity index (χ0v) is 20.7. The summed E-state index contributed by atoms with van der Waals surface area (Å²) >= 11 is 5.79. The molecule has 182 valence electrons. The predicted octanol–water partition coefficient (Wildman–Crippen LogP) is 6.31. The quantitative estimate of drug-likeness (QED) is 0.302. The second-order valence-corrected chi connectivity index (χ2v) is 8.99. The van der Waals surface area contributed by atoms with E-state index in [0.717, 1.165) is 28.2 Å². The van der Waals surface area contributed by atoms with Crippen LogP contribution in [-0.4, -0.2) is 16.0 Å². The van der Waals surface area contributed by atoms with E-state index in [1.165, 1.54) is 12.1 Å². The Balaban J connectivity index is 1.55. The number of carbonyl (C=O) groups excluding carboxylic acids is 1. The smallest absolute Gasteiger partial charge is 0.224 e. The van der Waals surface area contributed by atoms with Crippen LogP contribution in [0.2, 0.25) is 0 Å². The van der Waals surface area contributed by atoms with Crippen molar-refractivity contribution in [3.63, 3.8) is 0 Å². The number of aromatic nitrogens is 1. The summed E-state index contributed by atoms with van der Waals surface area (Å²) in [7, 11) is 0. The average Bonchev–Trinajstić information content (AvgIpc) is 3.51. The second-order valence-electron chi connectivity index (χ2n) is 8.61. The van der Waals surface area contributed by atoms with E-state index in [2.05, 4.69) is 15.6 Å². The van der Waals surface area contributed by atoms with Gasteiger partial charge < -0.3 is 20.0 Å². The SMILES string of the molecule is CCC(=O)Nc1ccc(N2C(=S)N[C@@H](c3ccccn3)[C@H]2c2ccc(-c3ccc(F)cc3)o2)cc1C. The van der Waals surface area contributed by atoms with Crippen LogP contribution in [0.15, 0.2) is 83.4 Å². The van der Waals surface area contributed by atoms with E-state index in [9.17, 15) is 9.18 Å². The van der Waals surface area contributed by atoms with Crippen molar-refractivity contribution in [2.45, 2.75) is 32.4 Å². The number of aryl methyl sites for hydroxylation is 1. The molecule has 0 radical (unpaired) electrons. The lowest BCUT2D eigenvalue weighted by Gasteiger charge is -2.26. The molecule has 2 aromatic carbocycles. The molecule has 1 aliphatic rings. The summed E-state index contributed by atoms with van der Waals surface area (Å²) in [5, 5.41) is 6.89. The predicted molar refractivity (Wildman–Crippen MR) is 142 cm³/mol. The molecule has 0 spiro atoms. The normalized spacial score (nSPS) is 17.2. The molecule has 36 heavy (non-hydrogen) atoms. The zero-order valence-electron chi connectivity index (χ0n) is 19.9. The summed E-state index contributed by atoms with van der Waals surface area (Å²) < 4.78 is 19.8. The monoisotopic (exact) mass is 500 g/mol. The van der Waals surface area contributed by atoms with Crippen molar-refractivity contribution < 1.29 is 13.6 Å². The van der Waals surface area contributed by atoms with E-state index in [1.807, 2.05) is 67.3 Å². The van der Waals surface area contributed by atoms with Gasteiger partial charge in [-0.3, -0.25) is 9.78 Å². The number of hydrogen-bond acceptors (Lipinski definition) is 4. The minimum atomic E-state index is -0.322. The third-order valence-corrected chi connectivity index (χ3v) is 6.54. The maximum Gasteiger partial charge on any atom is 0.224 e. The minimum absolute atomic E-state index is 0.0405. The highest BCUT2D eigenvalue weighted by atomic mass is 32.1. The van der Waals surface area contributed by atoms with Gasteiger partial charge in [0.15, 0.2) is 5.11 Å². The Morgan fingerprint density at radius 1 is 1.14 bits per heavy atom. The molecule has 1 aliphatic heterocycles. The standard InChI is InChI=1S/C28H25FN4O2S/c1-3-25(34)31-21-12-11-20(16-17(21)2)33-27(26(32-28(33)36)22-6-4-5-15-30-22)24-14-13-23(35-24)18-7-9-19(29)10-8-18/h4-16,26-27H,3H2,1-2H3,(H,31,34)(H,32,36)/t26-,27+/m0/s1. The van der Waals surface area contributed by atoms with Crippen LogP contribution < -0.4 is 15.5 Å². The summed E-state index contributed by atoms with van der Waals surface area (Å²) in [4.78, 5) is 18.5. The van der Waals surface area contributed by atoms with Gasteiger partial charge in [-0.2, -0.15) is 0 Å². The topological polar surface area (TPSA) is 70.4 Å². The summed E-state index contributed by atoms with van der Waals surface area (Å²) in [6.45, 7) is 3.77. The molecule has 0 unspecified atom stereocenters. The number of amides is 1. The van der Waals surface area contributed by atoms with Crippen LogP contribution >= 0.6 is 12.2 Å². The van der Waals surface area contributed by atoms with E-state index >= 15 is 0 Å². The molecule has 2 atom stereocenters. The molecule has 1 saturated heterocycles. The maximum atomic E-state index is 13.4. The molecule has 0 saturated carbocycles. The van der Waals surface area contributed by atoms with E-state index < -0.39 is 0 Å². The molecular formula is C28H25FN4O2S. The van der Waals surface area contributed by atoms with Crippen LogP contribution in [-0.2, 0) is 4.79 Å². The van der Waals surface area contributed by atoms with Gasteiger partial charge in [-0.25, -0.2) is 4.39 Å². The number of pyridine rings is 1. The average molecular weight is 501 g/mol. The fraction of sp³-hybridized carbons (Fsp3) is 0.179. The molecule has 6 nitrogen and oxygen atoms in total. The number of thiocarbonyl (C=S) groups is 1. The van der Waals surface area contributed by atoms with E-state index in [1.54, 1.807) is 18.3 Å². The molecule has 5 rings (SSSR count). The lowest BCUT2D eigenvalue weighted by Crippen LogP contribution is -2.29. The van der Waals surface area contributed by atoms with Crippen molar-refractivity contribution in [3.05, 3.63) is 102 Å². The van der Waals surface area contributed by atoms with Gasteiger partial charge >= 0.3 is 0 Å². The van der Waals surface area contributed by atoms with Gasteiger partial charge in [0.25, 0.3) is 0 Å². The molecule has 0 bridgehead atoms. The molecule has 1 amide bonds. The number of nitrogens with zero attached hydrogens (tertiary/aromatic N) is 2. The van der Waals surface area contributed by atoms with Crippen molar-refractivity contribution >= 4 is 34.6 Å². The van der Waals surface area contributed by atoms with Gasteiger partial charge in [-0.1, -0.05) is 13.0 Å². The Morgan fingerprint density at radius 2 is 1.94 bits per heavy atom. The number of anilines is 2. The number of rotatable bonds is 6. The summed E-state index contributed by atoms with van der Waals surface area (Å²) in [6, 6.07) is 21.0. The second kappa shape index (κ2) is 9.91. The Labute approximate surface area is 214 Å². The first-order valence-corrected chi connectivity index (χ1v) is 12.1. The van der Waals surface area contributed by atoms with Crippen LogP contribution in [0, 0.1) is 12.7 Å². The van der Waals surface area contributed by atoms with Crippen molar-refractivity contribution in [1.82, 2.24) is 10.3 Å². The van der Waals surface area contributed by atoms with Gasteiger partial charge in [0.05, 0.1) is 11.7 Å². The first-order valence-electron chi connectivity index (χ1n) is 11.7. The Bertz CT molecular complexity index is 1400. The Kier molecular flexibility index (Phi) is 6.52. The molecular weight excluding hydrogens is 475 g/mol. The zero-order chi connectivity index (χ0) is 25.2. The van der Waals surface area contributed by atoms with Crippen LogP contribution in [0.4, 0.5) is 15.8 Å². The van der Waals surface area contributed by atoms with Crippen molar-refractivity contribution in [3.8, 4) is 11.3 Å². The first kappa shape index (κ1) is 23.7. The highest BCUT2D eigenvalue weighted by molar-refractivity contribution is 7.80. The molecule has 8 heteroatoms. The van der Waals surface area contributed by atoms with Crippen molar-refractivity contribution in [1.29, 1.82) is 0 Å². The number of furan rings is 1. The molecule has 4 aromatic rings. The maximum absolute atomic E-state index is 13.4. The lowest BCUT2D eigenvalue weighted by atomic mass is 10.0. The molecule has 2 aromatic heterocycles. The molecule has 2 N–H and O–H groups in total. The van der Waals surface area contributed by atoms with Gasteiger partial charge in [-0.15, -0.1) is 0 Å². The Hall–Kier alpha value is -4.04. The van der Waals surface area contributed by atoms with Gasteiger partial charge in [-0.05, 0) is 91.4 Å². The minimum Gasteiger partial charge on any atom is -0.459 e. The summed E-state index contributed by atoms with van der Waals surface area (Å²) in [5.41, 5.74) is 4.16. The first-order chi connectivity index (χ1) is 17.4. The van der Waals surface area contributed by atoms with Crippen molar-refractivity contribution in [2.75, 3.05) is 10.2 Å². The van der Waals surface area contributed by atoms with Crippen molar-refractivity contribution in [2.24, 2.45) is 0 Å². The van der Waals surface area contributed by atoms with E-state index in [0.29, 0.717) is 23.1 Å². The van der Waals surface area contributed by atoms with Crippen LogP contribution in [0.25, 0.3) is 11.3 Å². The van der Waals surface area contributed by atoms with E-state index in [4.69, 9.17) is 16.6 Å². The third-order valence-electron chi connectivity index (χ3n) is 6.23. The summed E-state index contributed by atoms with van der Waals surface area (Å²) in [6.07, 6.45) is 2.16. The fourth-order valence-corrected chi connectivity index (χ4v) is 4.73. The number of nitrogens with one attached hydrogen (secondary N) is 2. The van der Waals surface area contributed by atoms with Crippen LogP contribution in [0.1, 0.15) is 42.4 Å². The molecule has 3 heterocycles. The van der Waals surface area contributed by atoms with E-state index in [-0.39, 0.29) is 23.8 Å². The number of carbonyl (C=O) groups is 1. The number of hydrogen-bond donors (Lipinski definition) is 2. The highest BCUT2D eigenvalue weighted by Crippen LogP contribution is 2.43. The Morgan fingerprint density at radius 3 is 2.64 bits per heavy atom. The largest absolute Gasteiger partial charge is 0.459 e. The lowest BCUT2D eigenvalue weighted by molar-refractivity contribution is -0.115. The molecule has 1 fully saturated rings. The fourth-order valence-electron chi connectivity index (χ4n) is 4.38. The molecule has 0 aliphatic carbocycles. The number of halogens is 1. The highest BCUT2D eigenvalue weighted by Gasteiger charge is 2.42. The summed E-state index contributed by atoms with van der Waals surface area (Å²) in [5.74, 6) is 0.988. The number of benzene rings is 2. The van der Waals surface area contributed by atoms with Gasteiger partial charge in [0, 0.05) is 29.6 Å². The van der Waals surface area contributed by atoms with Crippen LogP contribution in [0.5, 0.6) is 0 Å². The van der Waals surface area contributed by atoms with Gasteiger partial charge in [0.1, 0.15) is 23.4 Å².